The maximum absolute atomic E-state index is 13.3. The molecular weight excluding hydrogens is 468 g/mol. The molecule has 1 saturated heterocycles. The number of nitrogens with one attached hydrogen (secondary N) is 1. The van der Waals surface area contributed by atoms with Gasteiger partial charge in [0, 0.05) is 54.6 Å². The molecule has 1 aliphatic heterocycles. The number of hydrogen-bond acceptors (Lipinski definition) is 5. The number of fused-ring (bicyclic) bond motifs is 2. The molecule has 0 saturated carbocycles. The summed E-state index contributed by atoms with van der Waals surface area (Å²) in [5.74, 6) is -0.662. The number of para-hydroxylation sites is 1. The minimum atomic E-state index is -0.629. The molecule has 5 aromatic rings. The van der Waals surface area contributed by atoms with Crippen LogP contribution < -0.4 is 0 Å². The smallest absolute Gasteiger partial charge is 0.295 e. The van der Waals surface area contributed by atoms with E-state index >= 15 is 0 Å². The number of benzene rings is 2. The normalized spacial score (nSPS) is 15.9. The lowest BCUT2D eigenvalue weighted by Gasteiger charge is -2.39. The van der Waals surface area contributed by atoms with Gasteiger partial charge in [-0.2, -0.15) is 0 Å². The number of carbonyl (C=O) groups is 3. The van der Waals surface area contributed by atoms with Gasteiger partial charge in [0.2, 0.25) is 0 Å². The lowest BCUT2D eigenvalue weighted by Crippen LogP contribution is -2.56. The van der Waals surface area contributed by atoms with E-state index in [2.05, 4.69) is 9.97 Å². The summed E-state index contributed by atoms with van der Waals surface area (Å²) in [4.78, 5) is 50.2. The van der Waals surface area contributed by atoms with Crippen molar-refractivity contribution in [1.29, 1.82) is 0 Å². The Balaban J connectivity index is 1.23. The van der Waals surface area contributed by atoms with E-state index in [1.807, 2.05) is 61.5 Å². The molecule has 6 rings (SSSR count). The van der Waals surface area contributed by atoms with E-state index in [-0.39, 0.29) is 24.1 Å². The molecule has 3 aromatic heterocycles. The zero-order chi connectivity index (χ0) is 25.5. The highest BCUT2D eigenvalue weighted by Crippen LogP contribution is 2.33. The van der Waals surface area contributed by atoms with Gasteiger partial charge in [0.15, 0.2) is 0 Å². The van der Waals surface area contributed by atoms with Crippen molar-refractivity contribution in [3.05, 3.63) is 90.3 Å². The van der Waals surface area contributed by atoms with Gasteiger partial charge in [0.05, 0.1) is 16.6 Å². The predicted molar refractivity (Wildman–Crippen MR) is 139 cm³/mol. The number of ketones is 1. The van der Waals surface area contributed by atoms with Crippen LogP contribution in [-0.4, -0.2) is 63.0 Å². The highest BCUT2D eigenvalue weighted by atomic mass is 16.3. The Morgan fingerprint density at radius 2 is 1.78 bits per heavy atom. The van der Waals surface area contributed by atoms with Gasteiger partial charge in [-0.15, -0.1) is 0 Å². The van der Waals surface area contributed by atoms with Gasteiger partial charge < -0.3 is 19.2 Å². The number of H-pyrrole nitrogens is 1. The standard InChI is InChI=1S/C29H24N4O4/c1-18-17-32(28(35)19-7-3-2-4-8-19)13-14-33(18)29(36)27(34)22-16-31-25-21(11-12-30-26(22)25)24-15-20-9-5-6-10-23(20)37-24/h2-12,15-16,18,31H,13-14,17H2,1H3. The number of piperazine rings is 1. The second-order valence-corrected chi connectivity index (χ2v) is 9.23. The lowest BCUT2D eigenvalue weighted by molar-refractivity contribution is -0.130. The number of rotatable bonds is 4. The molecule has 8 nitrogen and oxygen atoms in total. The molecule has 0 bridgehead atoms. The molecule has 4 heterocycles. The Morgan fingerprint density at radius 3 is 2.57 bits per heavy atom. The SMILES string of the molecule is CC1CN(C(=O)c2ccccc2)CCN1C(=O)C(=O)c1c[nH]c2c(-c3cc4ccccc4o3)ccnc12. The van der Waals surface area contributed by atoms with E-state index in [9.17, 15) is 14.4 Å². The van der Waals surface area contributed by atoms with Crippen LogP contribution in [0.1, 0.15) is 27.6 Å². The van der Waals surface area contributed by atoms with Crippen LogP contribution >= 0.6 is 0 Å². The number of hydrogen-bond donors (Lipinski definition) is 1. The van der Waals surface area contributed by atoms with Crippen molar-refractivity contribution in [2.45, 2.75) is 13.0 Å². The van der Waals surface area contributed by atoms with Crippen LogP contribution in [0.15, 0.2) is 83.5 Å². The van der Waals surface area contributed by atoms with Gasteiger partial charge in [-0.05, 0) is 37.3 Å². The van der Waals surface area contributed by atoms with Crippen molar-refractivity contribution >= 4 is 39.6 Å². The van der Waals surface area contributed by atoms with Crippen LogP contribution in [0.2, 0.25) is 0 Å². The zero-order valence-corrected chi connectivity index (χ0v) is 20.2. The van der Waals surface area contributed by atoms with Crippen LogP contribution in [-0.2, 0) is 4.79 Å². The van der Waals surface area contributed by atoms with Gasteiger partial charge in [-0.25, -0.2) is 0 Å². The summed E-state index contributed by atoms with van der Waals surface area (Å²) >= 11 is 0. The van der Waals surface area contributed by atoms with Gasteiger partial charge in [-0.1, -0.05) is 36.4 Å². The molecule has 2 amide bonds. The largest absolute Gasteiger partial charge is 0.456 e. The monoisotopic (exact) mass is 492 g/mol. The van der Waals surface area contributed by atoms with Crippen molar-refractivity contribution in [2.24, 2.45) is 0 Å². The average molecular weight is 493 g/mol. The molecular formula is C29H24N4O4. The number of pyridine rings is 1. The van der Waals surface area contributed by atoms with Gasteiger partial charge in [-0.3, -0.25) is 19.4 Å². The molecule has 1 unspecified atom stereocenters. The van der Waals surface area contributed by atoms with Crippen molar-refractivity contribution in [2.75, 3.05) is 19.6 Å². The Hall–Kier alpha value is -4.72. The third-order valence-electron chi connectivity index (χ3n) is 6.89. The van der Waals surface area contributed by atoms with Crippen molar-refractivity contribution in [3.63, 3.8) is 0 Å². The van der Waals surface area contributed by atoms with Crippen molar-refractivity contribution in [3.8, 4) is 11.3 Å². The Kier molecular flexibility index (Phi) is 5.56. The molecule has 1 aliphatic rings. The second-order valence-electron chi connectivity index (χ2n) is 9.23. The summed E-state index contributed by atoms with van der Waals surface area (Å²) in [5.41, 5.74) is 3.39. The Bertz CT molecular complexity index is 1620. The summed E-state index contributed by atoms with van der Waals surface area (Å²) in [7, 11) is 0. The Labute approximate surface area is 212 Å². The summed E-state index contributed by atoms with van der Waals surface area (Å²) < 4.78 is 6.01. The maximum Gasteiger partial charge on any atom is 0.295 e. The molecule has 0 aliphatic carbocycles. The summed E-state index contributed by atoms with van der Waals surface area (Å²) in [6, 6.07) is 20.2. The Morgan fingerprint density at radius 1 is 1.00 bits per heavy atom. The number of carbonyl (C=O) groups excluding carboxylic acids is 3. The van der Waals surface area contributed by atoms with Crippen LogP contribution in [0.25, 0.3) is 33.3 Å². The first-order valence-corrected chi connectivity index (χ1v) is 12.2. The van der Waals surface area contributed by atoms with Crippen LogP contribution in [0.4, 0.5) is 0 Å². The van der Waals surface area contributed by atoms with Crippen LogP contribution in [0, 0.1) is 0 Å². The fraction of sp³-hybridized carbons (Fsp3) is 0.172. The molecule has 184 valence electrons. The quantitative estimate of drug-likeness (QED) is 0.294. The topological polar surface area (TPSA) is 99.5 Å². The number of nitrogens with zero attached hydrogens (tertiary/aromatic N) is 3. The van der Waals surface area contributed by atoms with E-state index < -0.39 is 11.7 Å². The maximum atomic E-state index is 13.3. The van der Waals surface area contributed by atoms with E-state index in [0.717, 1.165) is 16.5 Å². The van der Waals surface area contributed by atoms with Gasteiger partial charge in [0.25, 0.3) is 17.6 Å². The average Bonchev–Trinajstić information content (AvgIpc) is 3.57. The second kappa shape index (κ2) is 9.05. The number of aromatic nitrogens is 2. The first-order valence-electron chi connectivity index (χ1n) is 12.2. The fourth-order valence-corrected chi connectivity index (χ4v) is 4.97. The summed E-state index contributed by atoms with van der Waals surface area (Å²) in [5, 5.41) is 0.972. The third-order valence-corrected chi connectivity index (χ3v) is 6.89. The number of amides is 2. The fourth-order valence-electron chi connectivity index (χ4n) is 4.97. The molecule has 0 radical (unpaired) electrons. The van der Waals surface area contributed by atoms with Crippen LogP contribution in [0.5, 0.6) is 0 Å². The first-order chi connectivity index (χ1) is 18.0. The van der Waals surface area contributed by atoms with E-state index in [1.165, 1.54) is 6.20 Å². The molecule has 0 spiro atoms. The molecule has 1 N–H and O–H groups in total. The zero-order valence-electron chi connectivity index (χ0n) is 20.2. The van der Waals surface area contributed by atoms with E-state index in [1.54, 1.807) is 28.1 Å². The van der Waals surface area contributed by atoms with E-state index in [4.69, 9.17) is 4.42 Å². The van der Waals surface area contributed by atoms with Crippen molar-refractivity contribution in [1.82, 2.24) is 19.8 Å². The first kappa shape index (κ1) is 22.7. The van der Waals surface area contributed by atoms with E-state index in [0.29, 0.717) is 35.4 Å². The molecule has 1 atom stereocenters. The van der Waals surface area contributed by atoms with Gasteiger partial charge >= 0.3 is 0 Å². The highest BCUT2D eigenvalue weighted by molar-refractivity contribution is 6.44. The predicted octanol–water partition coefficient (Wildman–Crippen LogP) is 4.53. The van der Waals surface area contributed by atoms with Crippen molar-refractivity contribution < 1.29 is 18.8 Å². The molecule has 37 heavy (non-hydrogen) atoms. The molecule has 2 aromatic carbocycles. The number of furan rings is 1. The minimum absolute atomic E-state index is 0.0789. The van der Waals surface area contributed by atoms with Gasteiger partial charge in [0.1, 0.15) is 11.3 Å². The highest BCUT2D eigenvalue weighted by Gasteiger charge is 2.34. The number of aromatic amines is 1. The minimum Gasteiger partial charge on any atom is -0.456 e. The summed E-state index contributed by atoms with van der Waals surface area (Å²) in [6.07, 6.45) is 3.14. The van der Waals surface area contributed by atoms with Crippen LogP contribution in [0.3, 0.4) is 0 Å². The number of Topliss-reactive ketones (excluding diaryl/α,β-unsaturated/α-hetero) is 1. The third kappa shape index (κ3) is 3.96. The molecule has 8 heteroatoms. The summed E-state index contributed by atoms with van der Waals surface area (Å²) in [6.45, 7) is 2.85. The molecule has 1 fully saturated rings. The lowest BCUT2D eigenvalue weighted by atomic mass is 10.1.